The van der Waals surface area contributed by atoms with Crippen LogP contribution in [0.4, 0.5) is 4.39 Å². The number of nitriles is 1. The van der Waals surface area contributed by atoms with Gasteiger partial charge in [0.05, 0.1) is 6.07 Å². The summed E-state index contributed by atoms with van der Waals surface area (Å²) in [5, 5.41) is 13.8. The molecule has 0 fully saturated rings. The van der Waals surface area contributed by atoms with Crippen molar-refractivity contribution in [2.24, 2.45) is 0 Å². The van der Waals surface area contributed by atoms with Crippen LogP contribution in [0, 0.1) is 17.1 Å². The Morgan fingerprint density at radius 2 is 2.30 bits per heavy atom. The van der Waals surface area contributed by atoms with Crippen LogP contribution in [0.3, 0.4) is 0 Å². The van der Waals surface area contributed by atoms with Crippen molar-refractivity contribution in [3.63, 3.8) is 0 Å². The summed E-state index contributed by atoms with van der Waals surface area (Å²) >= 11 is 0. The molecule has 0 radical (unpaired) electrons. The van der Waals surface area contributed by atoms with Crippen LogP contribution in [0.1, 0.15) is 18.9 Å². The Balaban J connectivity index is 2.63. The molecule has 108 valence electrons. The molecule has 5 nitrogen and oxygen atoms in total. The molecule has 0 saturated heterocycles. The molecule has 2 N–H and O–H groups in total. The minimum Gasteiger partial charge on any atom is -0.480 e. The van der Waals surface area contributed by atoms with E-state index in [4.69, 9.17) is 10.00 Å². The molecule has 1 aromatic carbocycles. The Morgan fingerprint density at radius 1 is 1.50 bits per heavy atom. The second-order valence-corrected chi connectivity index (χ2v) is 4.13. The Morgan fingerprint density at radius 3 is 3.00 bits per heavy atom. The monoisotopic (exact) mass is 279 g/mol. The Hall–Kier alpha value is -2.13. The molecule has 20 heavy (non-hydrogen) atoms. The number of nitrogens with one attached hydrogen (secondary N) is 2. The van der Waals surface area contributed by atoms with E-state index in [2.05, 4.69) is 10.6 Å². The predicted molar refractivity (Wildman–Crippen MR) is 72.5 cm³/mol. The van der Waals surface area contributed by atoms with Crippen LogP contribution < -0.4 is 15.4 Å². The number of amides is 1. The zero-order valence-corrected chi connectivity index (χ0v) is 11.4. The Labute approximate surface area is 117 Å². The van der Waals surface area contributed by atoms with Gasteiger partial charge in [-0.05, 0) is 19.0 Å². The van der Waals surface area contributed by atoms with Crippen LogP contribution in [-0.4, -0.2) is 25.6 Å². The van der Waals surface area contributed by atoms with Gasteiger partial charge in [0.1, 0.15) is 6.54 Å². The van der Waals surface area contributed by atoms with Crippen LogP contribution in [0.15, 0.2) is 18.2 Å². The van der Waals surface area contributed by atoms with Crippen molar-refractivity contribution >= 4 is 5.91 Å². The van der Waals surface area contributed by atoms with Crippen LogP contribution in [0.5, 0.6) is 5.75 Å². The molecule has 0 aromatic heterocycles. The SMILES string of the molecule is CCCNCc1cccc(F)c1OCC(=O)NCC#N. The van der Waals surface area contributed by atoms with Crippen LogP contribution in [0.2, 0.25) is 0 Å². The number of rotatable bonds is 8. The summed E-state index contributed by atoms with van der Waals surface area (Å²) in [4.78, 5) is 11.3. The summed E-state index contributed by atoms with van der Waals surface area (Å²) in [5.74, 6) is -0.889. The third-order valence-corrected chi connectivity index (χ3v) is 2.50. The first kappa shape index (κ1) is 15.9. The van der Waals surface area contributed by atoms with Gasteiger partial charge in [0.2, 0.25) is 0 Å². The average molecular weight is 279 g/mol. The van der Waals surface area contributed by atoms with Gasteiger partial charge in [-0.2, -0.15) is 5.26 Å². The lowest BCUT2D eigenvalue weighted by atomic mass is 10.2. The number of halogens is 1. The molecule has 0 heterocycles. The van der Waals surface area contributed by atoms with E-state index < -0.39 is 11.7 Å². The molecule has 0 aliphatic heterocycles. The average Bonchev–Trinajstić information content (AvgIpc) is 2.44. The fraction of sp³-hybridized carbons (Fsp3) is 0.429. The highest BCUT2D eigenvalue weighted by atomic mass is 19.1. The third-order valence-electron chi connectivity index (χ3n) is 2.50. The number of para-hydroxylation sites is 1. The largest absolute Gasteiger partial charge is 0.480 e. The fourth-order valence-corrected chi connectivity index (χ4v) is 1.58. The first-order chi connectivity index (χ1) is 9.69. The van der Waals surface area contributed by atoms with Crippen LogP contribution in [-0.2, 0) is 11.3 Å². The van der Waals surface area contributed by atoms with E-state index in [-0.39, 0.29) is 18.9 Å². The van der Waals surface area contributed by atoms with Gasteiger partial charge >= 0.3 is 0 Å². The minimum atomic E-state index is -0.506. The van der Waals surface area contributed by atoms with Gasteiger partial charge in [-0.3, -0.25) is 4.79 Å². The van der Waals surface area contributed by atoms with Crippen molar-refractivity contribution in [3.05, 3.63) is 29.6 Å². The van der Waals surface area contributed by atoms with Crippen molar-refractivity contribution in [3.8, 4) is 11.8 Å². The number of nitrogens with zero attached hydrogens (tertiary/aromatic N) is 1. The Bertz CT molecular complexity index is 486. The van der Waals surface area contributed by atoms with Crippen LogP contribution in [0.25, 0.3) is 0 Å². The quantitative estimate of drug-likeness (QED) is 0.556. The highest BCUT2D eigenvalue weighted by molar-refractivity contribution is 5.77. The molecular formula is C14H18FN3O2. The number of hydrogen-bond acceptors (Lipinski definition) is 4. The minimum absolute atomic E-state index is 0.0724. The highest BCUT2D eigenvalue weighted by Gasteiger charge is 2.11. The normalized spacial score (nSPS) is 9.85. The van der Waals surface area contributed by atoms with Crippen molar-refractivity contribution in [2.75, 3.05) is 19.7 Å². The van der Waals surface area contributed by atoms with Gasteiger partial charge in [-0.1, -0.05) is 19.1 Å². The molecule has 0 atom stereocenters. The number of carbonyl (C=O) groups is 1. The van der Waals surface area contributed by atoms with E-state index in [1.54, 1.807) is 18.2 Å². The van der Waals surface area contributed by atoms with E-state index in [1.165, 1.54) is 6.07 Å². The van der Waals surface area contributed by atoms with Gasteiger partial charge in [-0.25, -0.2) is 4.39 Å². The standard InChI is InChI=1S/C14H18FN3O2/c1-2-7-17-9-11-4-3-5-12(15)14(11)20-10-13(19)18-8-6-16/h3-5,17H,2,7-10H2,1H3,(H,18,19). The lowest BCUT2D eigenvalue weighted by Crippen LogP contribution is -2.29. The zero-order valence-electron chi connectivity index (χ0n) is 11.4. The molecular weight excluding hydrogens is 261 g/mol. The topological polar surface area (TPSA) is 74.2 Å². The van der Waals surface area contributed by atoms with Gasteiger partial charge in [0.15, 0.2) is 18.2 Å². The lowest BCUT2D eigenvalue weighted by Gasteiger charge is -2.12. The fourth-order valence-electron chi connectivity index (χ4n) is 1.58. The molecule has 0 unspecified atom stereocenters. The highest BCUT2D eigenvalue weighted by Crippen LogP contribution is 2.22. The second-order valence-electron chi connectivity index (χ2n) is 4.13. The maximum absolute atomic E-state index is 13.7. The zero-order chi connectivity index (χ0) is 14.8. The van der Waals surface area contributed by atoms with Gasteiger partial charge in [0, 0.05) is 12.1 Å². The van der Waals surface area contributed by atoms with Gasteiger partial charge in [-0.15, -0.1) is 0 Å². The summed E-state index contributed by atoms with van der Waals surface area (Å²) in [6, 6.07) is 6.41. The summed E-state index contributed by atoms with van der Waals surface area (Å²) in [5.41, 5.74) is 0.659. The summed E-state index contributed by atoms with van der Waals surface area (Å²) < 4.78 is 18.9. The molecule has 0 spiro atoms. The number of benzene rings is 1. The lowest BCUT2D eigenvalue weighted by molar-refractivity contribution is -0.122. The molecule has 0 bridgehead atoms. The van der Waals surface area contributed by atoms with E-state index in [1.807, 2.05) is 6.92 Å². The molecule has 6 heteroatoms. The van der Waals surface area contributed by atoms with Crippen LogP contribution >= 0.6 is 0 Å². The summed E-state index contributed by atoms with van der Waals surface area (Å²) in [7, 11) is 0. The van der Waals surface area contributed by atoms with E-state index in [0.717, 1.165) is 13.0 Å². The number of carbonyl (C=O) groups excluding carboxylic acids is 1. The van der Waals surface area contributed by atoms with Crippen molar-refractivity contribution < 1.29 is 13.9 Å². The van der Waals surface area contributed by atoms with E-state index in [9.17, 15) is 9.18 Å². The molecule has 1 amide bonds. The second kappa shape index (κ2) is 8.88. The molecule has 0 aliphatic rings. The van der Waals surface area contributed by atoms with E-state index >= 15 is 0 Å². The number of ether oxygens (including phenoxy) is 1. The van der Waals surface area contributed by atoms with Crippen molar-refractivity contribution in [1.82, 2.24) is 10.6 Å². The van der Waals surface area contributed by atoms with Crippen molar-refractivity contribution in [2.45, 2.75) is 19.9 Å². The molecule has 1 rings (SSSR count). The summed E-state index contributed by atoms with van der Waals surface area (Å²) in [6.07, 6.45) is 0.974. The molecule has 0 aliphatic carbocycles. The van der Waals surface area contributed by atoms with Gasteiger partial charge in [0.25, 0.3) is 5.91 Å². The predicted octanol–water partition coefficient (Wildman–Crippen LogP) is 1.34. The summed E-state index contributed by atoms with van der Waals surface area (Å²) in [6.45, 7) is 2.92. The molecule has 0 saturated carbocycles. The maximum Gasteiger partial charge on any atom is 0.258 e. The smallest absolute Gasteiger partial charge is 0.258 e. The first-order valence-electron chi connectivity index (χ1n) is 6.43. The third kappa shape index (κ3) is 5.24. The van der Waals surface area contributed by atoms with Gasteiger partial charge < -0.3 is 15.4 Å². The van der Waals surface area contributed by atoms with E-state index in [0.29, 0.717) is 12.1 Å². The van der Waals surface area contributed by atoms with Crippen molar-refractivity contribution in [1.29, 1.82) is 5.26 Å². The molecule has 1 aromatic rings. The Kier molecular flexibility index (Phi) is 7.07. The maximum atomic E-state index is 13.7. The number of hydrogen-bond donors (Lipinski definition) is 2. The first-order valence-corrected chi connectivity index (χ1v) is 6.43.